The van der Waals surface area contributed by atoms with Gasteiger partial charge in [-0.3, -0.25) is 9.59 Å². The summed E-state index contributed by atoms with van der Waals surface area (Å²) in [6.07, 6.45) is 2.89. The molecular formula is C17H23N3O4S. The molecule has 2 saturated heterocycles. The smallest absolute Gasteiger partial charge is 0.243 e. The third kappa shape index (κ3) is 3.41. The van der Waals surface area contributed by atoms with Crippen molar-refractivity contribution in [3.63, 3.8) is 0 Å². The Morgan fingerprint density at radius 2 is 1.88 bits per heavy atom. The number of benzene rings is 1. The van der Waals surface area contributed by atoms with Crippen LogP contribution in [0.2, 0.25) is 0 Å². The van der Waals surface area contributed by atoms with E-state index in [1.54, 1.807) is 16.4 Å². The summed E-state index contributed by atoms with van der Waals surface area (Å²) >= 11 is 0. The van der Waals surface area contributed by atoms with E-state index in [0.717, 1.165) is 19.3 Å². The summed E-state index contributed by atoms with van der Waals surface area (Å²) in [7, 11) is -3.53. The molecule has 0 unspecified atom stereocenters. The Morgan fingerprint density at radius 1 is 1.20 bits per heavy atom. The van der Waals surface area contributed by atoms with Crippen molar-refractivity contribution in [3.05, 3.63) is 24.3 Å². The number of nitrogens with zero attached hydrogens (tertiary/aromatic N) is 2. The molecule has 2 N–H and O–H groups in total. The molecule has 3 rings (SSSR count). The Kier molecular flexibility index (Phi) is 4.83. The minimum absolute atomic E-state index is 0.00471. The average Bonchev–Trinajstić information content (AvgIpc) is 2.97. The minimum atomic E-state index is -3.53. The molecule has 2 heterocycles. The number of rotatable bonds is 4. The topological polar surface area (TPSA) is 101 Å². The quantitative estimate of drug-likeness (QED) is 0.863. The van der Waals surface area contributed by atoms with E-state index in [0.29, 0.717) is 12.2 Å². The summed E-state index contributed by atoms with van der Waals surface area (Å²) in [5.41, 5.74) is 5.86. The monoisotopic (exact) mass is 365 g/mol. The molecule has 2 atom stereocenters. The maximum Gasteiger partial charge on any atom is 0.243 e. The van der Waals surface area contributed by atoms with Gasteiger partial charge >= 0.3 is 0 Å². The zero-order chi connectivity index (χ0) is 18.2. The van der Waals surface area contributed by atoms with Crippen LogP contribution in [0.5, 0.6) is 0 Å². The van der Waals surface area contributed by atoms with E-state index in [-0.39, 0.29) is 29.8 Å². The number of piperidine rings is 1. The predicted octanol–water partition coefficient (Wildman–Crippen LogP) is 1.09. The number of sulfonamides is 1. The first-order valence-corrected chi connectivity index (χ1v) is 9.96. The molecule has 25 heavy (non-hydrogen) atoms. The van der Waals surface area contributed by atoms with Crippen molar-refractivity contribution in [3.8, 4) is 0 Å². The summed E-state index contributed by atoms with van der Waals surface area (Å²) in [4.78, 5) is 25.0. The van der Waals surface area contributed by atoms with Crippen molar-refractivity contribution in [2.45, 2.75) is 43.5 Å². The highest BCUT2D eigenvalue weighted by molar-refractivity contribution is 7.89. The van der Waals surface area contributed by atoms with Crippen molar-refractivity contribution in [2.75, 3.05) is 18.0 Å². The standard InChI is InChI=1S/C17H23N3O4S/c1-12-4-2-3-9-20(12)25(23,24)15-7-5-14(6-8-15)19-11-13(17(18)22)10-16(19)21/h5-8,12-13H,2-4,9-11H2,1H3,(H2,18,22)/t12-,13-/m1/s1. The van der Waals surface area contributed by atoms with Crippen LogP contribution in [-0.2, 0) is 19.6 Å². The molecule has 0 bridgehead atoms. The molecule has 2 amide bonds. The zero-order valence-corrected chi connectivity index (χ0v) is 15.0. The van der Waals surface area contributed by atoms with E-state index < -0.39 is 21.8 Å². The second kappa shape index (κ2) is 6.76. The number of carbonyl (C=O) groups is 2. The van der Waals surface area contributed by atoms with Crippen LogP contribution in [0.15, 0.2) is 29.2 Å². The van der Waals surface area contributed by atoms with Gasteiger partial charge in [0.25, 0.3) is 0 Å². The van der Waals surface area contributed by atoms with Gasteiger partial charge < -0.3 is 10.6 Å². The molecule has 0 spiro atoms. The molecule has 0 aromatic heterocycles. The second-order valence-corrected chi connectivity index (χ2v) is 8.65. The lowest BCUT2D eigenvalue weighted by molar-refractivity contribution is -0.123. The lowest BCUT2D eigenvalue weighted by Crippen LogP contribution is -2.41. The van der Waals surface area contributed by atoms with Crippen LogP contribution in [0.25, 0.3) is 0 Å². The first kappa shape index (κ1) is 17.9. The number of hydrogen-bond acceptors (Lipinski definition) is 4. The van der Waals surface area contributed by atoms with E-state index in [1.807, 2.05) is 6.92 Å². The van der Waals surface area contributed by atoms with Gasteiger partial charge in [0.1, 0.15) is 0 Å². The minimum Gasteiger partial charge on any atom is -0.369 e. The fraction of sp³-hybridized carbons (Fsp3) is 0.529. The van der Waals surface area contributed by atoms with Crippen molar-refractivity contribution in [2.24, 2.45) is 11.7 Å². The number of nitrogens with two attached hydrogens (primary N) is 1. The molecule has 8 heteroatoms. The van der Waals surface area contributed by atoms with Gasteiger partial charge in [0.05, 0.1) is 10.8 Å². The molecule has 2 fully saturated rings. The van der Waals surface area contributed by atoms with Crippen molar-refractivity contribution in [1.29, 1.82) is 0 Å². The van der Waals surface area contributed by atoms with Crippen molar-refractivity contribution < 1.29 is 18.0 Å². The molecule has 7 nitrogen and oxygen atoms in total. The van der Waals surface area contributed by atoms with Crippen LogP contribution in [-0.4, -0.2) is 43.7 Å². The Bertz CT molecular complexity index is 776. The van der Waals surface area contributed by atoms with Crippen LogP contribution >= 0.6 is 0 Å². The van der Waals surface area contributed by atoms with E-state index in [1.165, 1.54) is 17.0 Å². The zero-order valence-electron chi connectivity index (χ0n) is 14.2. The van der Waals surface area contributed by atoms with E-state index >= 15 is 0 Å². The van der Waals surface area contributed by atoms with Crippen LogP contribution in [0.4, 0.5) is 5.69 Å². The van der Waals surface area contributed by atoms with Gasteiger partial charge in [-0.15, -0.1) is 0 Å². The SMILES string of the molecule is C[C@@H]1CCCCN1S(=O)(=O)c1ccc(N2C[C@H](C(N)=O)CC2=O)cc1. The fourth-order valence-electron chi connectivity index (χ4n) is 3.51. The Morgan fingerprint density at radius 3 is 2.44 bits per heavy atom. The first-order valence-electron chi connectivity index (χ1n) is 8.52. The van der Waals surface area contributed by atoms with E-state index in [2.05, 4.69) is 0 Å². The van der Waals surface area contributed by atoms with Gasteiger partial charge in [0, 0.05) is 31.2 Å². The first-order chi connectivity index (χ1) is 11.8. The van der Waals surface area contributed by atoms with Gasteiger partial charge in [-0.1, -0.05) is 6.42 Å². The van der Waals surface area contributed by atoms with Crippen LogP contribution in [0.1, 0.15) is 32.6 Å². The van der Waals surface area contributed by atoms with Gasteiger partial charge in [0.2, 0.25) is 21.8 Å². The van der Waals surface area contributed by atoms with Crippen molar-refractivity contribution >= 4 is 27.5 Å². The molecular weight excluding hydrogens is 342 g/mol. The largest absolute Gasteiger partial charge is 0.369 e. The normalized spacial score (nSPS) is 25.3. The summed E-state index contributed by atoms with van der Waals surface area (Å²) in [5, 5.41) is 0. The van der Waals surface area contributed by atoms with Crippen LogP contribution < -0.4 is 10.6 Å². The number of anilines is 1. The van der Waals surface area contributed by atoms with Crippen LogP contribution in [0.3, 0.4) is 0 Å². The Labute approximate surface area is 147 Å². The third-order valence-corrected chi connectivity index (χ3v) is 7.05. The number of primary amides is 1. The molecule has 1 aromatic rings. The molecule has 2 aliphatic heterocycles. The van der Waals surface area contributed by atoms with Crippen LogP contribution in [0, 0.1) is 5.92 Å². The van der Waals surface area contributed by atoms with Gasteiger partial charge in [0.15, 0.2) is 0 Å². The highest BCUT2D eigenvalue weighted by Gasteiger charge is 2.35. The molecule has 0 saturated carbocycles. The van der Waals surface area contributed by atoms with Gasteiger partial charge in [-0.2, -0.15) is 4.31 Å². The highest BCUT2D eigenvalue weighted by Crippen LogP contribution is 2.29. The molecule has 1 aromatic carbocycles. The van der Waals surface area contributed by atoms with E-state index in [4.69, 9.17) is 5.73 Å². The summed E-state index contributed by atoms with van der Waals surface area (Å²) < 4.78 is 27.2. The molecule has 0 radical (unpaired) electrons. The molecule has 136 valence electrons. The van der Waals surface area contributed by atoms with Gasteiger partial charge in [-0.05, 0) is 44.0 Å². The Hall–Kier alpha value is -1.93. The summed E-state index contributed by atoms with van der Waals surface area (Å²) in [5.74, 6) is -1.16. The summed E-state index contributed by atoms with van der Waals surface area (Å²) in [6.45, 7) is 2.71. The highest BCUT2D eigenvalue weighted by atomic mass is 32.2. The number of hydrogen-bond donors (Lipinski definition) is 1. The summed E-state index contributed by atoms with van der Waals surface area (Å²) in [6, 6.07) is 6.27. The Balaban J connectivity index is 1.80. The molecule has 2 aliphatic rings. The van der Waals surface area contributed by atoms with E-state index in [9.17, 15) is 18.0 Å². The fourth-order valence-corrected chi connectivity index (χ4v) is 5.21. The predicted molar refractivity (Wildman–Crippen MR) is 93.3 cm³/mol. The number of carbonyl (C=O) groups excluding carboxylic acids is 2. The third-order valence-electron chi connectivity index (χ3n) is 5.02. The van der Waals surface area contributed by atoms with Crippen molar-refractivity contribution in [1.82, 2.24) is 4.31 Å². The second-order valence-electron chi connectivity index (χ2n) is 6.76. The lowest BCUT2D eigenvalue weighted by Gasteiger charge is -2.32. The lowest BCUT2D eigenvalue weighted by atomic mass is 10.1. The maximum absolute atomic E-state index is 12.8. The number of amides is 2. The average molecular weight is 365 g/mol. The van der Waals surface area contributed by atoms with Gasteiger partial charge in [-0.25, -0.2) is 8.42 Å². The maximum atomic E-state index is 12.8. The molecule has 0 aliphatic carbocycles.